The average molecular weight is 587 g/mol. The van der Waals surface area contributed by atoms with Gasteiger partial charge in [-0.25, -0.2) is 8.42 Å². The van der Waals surface area contributed by atoms with Crippen LogP contribution in [0.4, 0.5) is 11.4 Å². The summed E-state index contributed by atoms with van der Waals surface area (Å²) in [5.41, 5.74) is 0.234. The molecule has 12 heteroatoms. The van der Waals surface area contributed by atoms with E-state index in [-0.39, 0.29) is 28.9 Å². The number of halogens is 1. The summed E-state index contributed by atoms with van der Waals surface area (Å²) in [7, 11) is -4.33. The smallest absolute Gasteiger partial charge is 0.271 e. The molecule has 212 valence electrons. The van der Waals surface area contributed by atoms with Crippen molar-refractivity contribution in [3.05, 3.63) is 99.6 Å². The maximum Gasteiger partial charge on any atom is 0.271 e. The van der Waals surface area contributed by atoms with Gasteiger partial charge in [0.05, 0.1) is 15.5 Å². The van der Waals surface area contributed by atoms with Gasteiger partial charge in [-0.1, -0.05) is 54.9 Å². The first-order chi connectivity index (χ1) is 18.9. The molecule has 0 fully saturated rings. The lowest BCUT2D eigenvalue weighted by atomic mass is 10.1. The van der Waals surface area contributed by atoms with Crippen molar-refractivity contribution < 1.29 is 22.9 Å². The molecule has 1 N–H and O–H groups in total. The Morgan fingerprint density at radius 3 is 2.30 bits per heavy atom. The number of carbonyl (C=O) groups excluding carboxylic acids is 2. The number of nitro benzene ring substituents is 1. The van der Waals surface area contributed by atoms with Crippen molar-refractivity contribution in [2.45, 2.75) is 50.7 Å². The third-order valence-corrected chi connectivity index (χ3v) is 8.37. The fourth-order valence-corrected chi connectivity index (χ4v) is 5.53. The molecule has 10 nitrogen and oxygen atoms in total. The Kier molecular flexibility index (Phi) is 10.2. The van der Waals surface area contributed by atoms with Crippen molar-refractivity contribution in [2.24, 2.45) is 0 Å². The van der Waals surface area contributed by atoms with Crippen LogP contribution in [-0.4, -0.2) is 48.7 Å². The summed E-state index contributed by atoms with van der Waals surface area (Å²) in [5, 5.41) is 14.7. The number of nitrogens with zero attached hydrogens (tertiary/aromatic N) is 3. The van der Waals surface area contributed by atoms with Gasteiger partial charge in [0, 0.05) is 29.7 Å². The first-order valence-corrected chi connectivity index (χ1v) is 14.4. The van der Waals surface area contributed by atoms with Gasteiger partial charge in [0.2, 0.25) is 11.8 Å². The van der Waals surface area contributed by atoms with E-state index in [0.29, 0.717) is 17.0 Å². The van der Waals surface area contributed by atoms with Gasteiger partial charge in [-0.15, -0.1) is 0 Å². The van der Waals surface area contributed by atoms with Crippen LogP contribution in [-0.2, 0) is 26.2 Å². The third-order valence-electron chi connectivity index (χ3n) is 6.35. The van der Waals surface area contributed by atoms with Crippen molar-refractivity contribution >= 4 is 44.8 Å². The number of sulfonamides is 1. The maximum absolute atomic E-state index is 13.9. The number of hydrogen-bond donors (Lipinski definition) is 1. The molecule has 3 aromatic rings. The molecule has 0 aliphatic carbocycles. The van der Waals surface area contributed by atoms with Crippen molar-refractivity contribution in [1.29, 1.82) is 0 Å². The van der Waals surface area contributed by atoms with Crippen LogP contribution in [0.2, 0.25) is 5.02 Å². The van der Waals surface area contributed by atoms with Crippen molar-refractivity contribution in [3.63, 3.8) is 0 Å². The number of nitro groups is 1. The SMILES string of the molecule is CC[C@@H](C)NC(=O)[C@@H](C)N(Cc1cccc(Cl)c1)C(=O)CN(c1cccc([N+](=O)[O-])c1)S(=O)(=O)c1ccccc1. The molecule has 0 aliphatic rings. The van der Waals surface area contributed by atoms with Gasteiger partial charge < -0.3 is 10.2 Å². The standard InChI is InChI=1S/C28H31ClN4O6S/c1-4-20(2)30-28(35)21(3)31(18-22-10-8-11-23(29)16-22)27(34)19-32(24-12-9-13-25(17-24)33(36)37)40(38,39)26-14-6-5-7-15-26/h5-17,20-21H,4,18-19H2,1-3H3,(H,30,35)/t20-,21-/m1/s1. The Labute approximate surface area is 238 Å². The molecule has 0 heterocycles. The number of non-ortho nitro benzene ring substituents is 1. The van der Waals surface area contributed by atoms with E-state index in [9.17, 15) is 28.1 Å². The minimum Gasteiger partial charge on any atom is -0.352 e. The normalized spacial score (nSPS) is 12.7. The minimum absolute atomic E-state index is 0.0252. The number of carbonyl (C=O) groups is 2. The highest BCUT2D eigenvalue weighted by Gasteiger charge is 2.33. The zero-order chi connectivity index (χ0) is 29.4. The second-order valence-electron chi connectivity index (χ2n) is 9.25. The van der Waals surface area contributed by atoms with E-state index < -0.39 is 39.3 Å². The summed E-state index contributed by atoms with van der Waals surface area (Å²) in [6.07, 6.45) is 0.677. The summed E-state index contributed by atoms with van der Waals surface area (Å²) in [5.74, 6) is -1.09. The summed E-state index contributed by atoms with van der Waals surface area (Å²) >= 11 is 6.14. The van der Waals surface area contributed by atoms with Crippen molar-refractivity contribution in [3.8, 4) is 0 Å². The highest BCUT2D eigenvalue weighted by atomic mass is 35.5. The summed E-state index contributed by atoms with van der Waals surface area (Å²) in [6, 6.07) is 18.2. The highest BCUT2D eigenvalue weighted by molar-refractivity contribution is 7.92. The van der Waals surface area contributed by atoms with E-state index in [2.05, 4.69) is 5.32 Å². The van der Waals surface area contributed by atoms with Crippen LogP contribution in [0.5, 0.6) is 0 Å². The number of amides is 2. The van der Waals surface area contributed by atoms with Crippen LogP contribution >= 0.6 is 11.6 Å². The minimum atomic E-state index is -4.33. The van der Waals surface area contributed by atoms with Gasteiger partial charge in [-0.3, -0.25) is 24.0 Å². The Morgan fingerprint density at radius 1 is 1.00 bits per heavy atom. The first kappa shape index (κ1) is 30.6. The summed E-state index contributed by atoms with van der Waals surface area (Å²) in [6.45, 7) is 4.58. The number of hydrogen-bond acceptors (Lipinski definition) is 6. The lowest BCUT2D eigenvalue weighted by Crippen LogP contribution is -2.52. The van der Waals surface area contributed by atoms with E-state index in [1.54, 1.807) is 37.3 Å². The quantitative estimate of drug-likeness (QED) is 0.240. The molecule has 2 atom stereocenters. The van der Waals surface area contributed by atoms with E-state index >= 15 is 0 Å². The summed E-state index contributed by atoms with van der Waals surface area (Å²) in [4.78, 5) is 38.9. The fourth-order valence-electron chi connectivity index (χ4n) is 3.89. The highest BCUT2D eigenvalue weighted by Crippen LogP contribution is 2.27. The molecule has 2 amide bonds. The van der Waals surface area contributed by atoms with Gasteiger partial charge in [-0.2, -0.15) is 0 Å². The monoisotopic (exact) mass is 586 g/mol. The molecular weight excluding hydrogens is 556 g/mol. The van der Waals surface area contributed by atoms with E-state index in [4.69, 9.17) is 11.6 Å². The molecule has 0 aliphatic heterocycles. The van der Waals surface area contributed by atoms with Crippen LogP contribution in [0.25, 0.3) is 0 Å². The number of benzene rings is 3. The predicted molar refractivity (Wildman–Crippen MR) is 153 cm³/mol. The maximum atomic E-state index is 13.9. The average Bonchev–Trinajstić information content (AvgIpc) is 2.94. The van der Waals surface area contributed by atoms with Crippen LogP contribution in [0.15, 0.2) is 83.8 Å². The molecule has 0 saturated heterocycles. The van der Waals surface area contributed by atoms with E-state index in [1.807, 2.05) is 13.8 Å². The van der Waals surface area contributed by atoms with Gasteiger partial charge in [0.15, 0.2) is 0 Å². The lowest BCUT2D eigenvalue weighted by molar-refractivity contribution is -0.384. The molecule has 0 bridgehead atoms. The molecule has 3 aromatic carbocycles. The van der Waals surface area contributed by atoms with Gasteiger partial charge >= 0.3 is 0 Å². The van der Waals surface area contributed by atoms with Crippen LogP contribution < -0.4 is 9.62 Å². The molecule has 0 spiro atoms. The zero-order valence-corrected chi connectivity index (χ0v) is 23.9. The Hall–Kier alpha value is -3.96. The molecule has 0 aromatic heterocycles. The van der Waals surface area contributed by atoms with Gasteiger partial charge in [0.1, 0.15) is 12.6 Å². The van der Waals surface area contributed by atoms with Gasteiger partial charge in [-0.05, 0) is 56.2 Å². The molecule has 3 rings (SSSR count). The largest absolute Gasteiger partial charge is 0.352 e. The Balaban J connectivity index is 2.06. The van der Waals surface area contributed by atoms with Crippen LogP contribution in [0.3, 0.4) is 0 Å². The third kappa shape index (κ3) is 7.57. The molecule has 0 unspecified atom stereocenters. The number of nitrogens with one attached hydrogen (secondary N) is 1. The topological polar surface area (TPSA) is 130 Å². The fraction of sp³-hybridized carbons (Fsp3) is 0.286. The number of anilines is 1. The molecular formula is C28H31ClN4O6S. The summed E-state index contributed by atoms with van der Waals surface area (Å²) < 4.78 is 28.3. The van der Waals surface area contributed by atoms with Crippen molar-refractivity contribution in [2.75, 3.05) is 10.8 Å². The van der Waals surface area contributed by atoms with E-state index in [0.717, 1.165) is 10.4 Å². The second-order valence-corrected chi connectivity index (χ2v) is 11.5. The predicted octanol–water partition coefficient (Wildman–Crippen LogP) is 4.78. The zero-order valence-electron chi connectivity index (χ0n) is 22.4. The molecule has 40 heavy (non-hydrogen) atoms. The number of rotatable bonds is 12. The Bertz CT molecular complexity index is 1470. The van der Waals surface area contributed by atoms with E-state index in [1.165, 1.54) is 47.4 Å². The lowest BCUT2D eigenvalue weighted by Gasteiger charge is -2.32. The second kappa shape index (κ2) is 13.4. The molecule has 0 radical (unpaired) electrons. The van der Waals surface area contributed by atoms with Crippen LogP contribution in [0, 0.1) is 10.1 Å². The van der Waals surface area contributed by atoms with Crippen LogP contribution in [0.1, 0.15) is 32.8 Å². The first-order valence-electron chi connectivity index (χ1n) is 12.6. The van der Waals surface area contributed by atoms with Crippen molar-refractivity contribution in [1.82, 2.24) is 10.2 Å². The Morgan fingerprint density at radius 2 is 1.68 bits per heavy atom. The van der Waals surface area contributed by atoms with Gasteiger partial charge in [0.25, 0.3) is 15.7 Å². The molecule has 0 saturated carbocycles.